The predicted molar refractivity (Wildman–Crippen MR) is 102 cm³/mol. The van der Waals surface area contributed by atoms with Gasteiger partial charge in [0, 0.05) is 0 Å². The first-order valence-electron chi connectivity index (χ1n) is 8.32. The third-order valence-corrected chi connectivity index (χ3v) is 3.56. The van der Waals surface area contributed by atoms with Crippen molar-refractivity contribution in [1.29, 1.82) is 0 Å². The van der Waals surface area contributed by atoms with E-state index in [4.69, 9.17) is 9.47 Å². The maximum atomic E-state index is 11.8. The normalized spacial score (nSPS) is 14.7. The molecule has 0 aliphatic carbocycles. The minimum Gasteiger partial charge on any atom is -0.458 e. The number of hydrogen-bond donors (Lipinski definition) is 4. The summed E-state index contributed by atoms with van der Waals surface area (Å²) >= 11 is 0. The van der Waals surface area contributed by atoms with E-state index in [1.165, 1.54) is 0 Å². The molecule has 0 rings (SSSR count). The van der Waals surface area contributed by atoms with Crippen molar-refractivity contribution in [3.8, 4) is 0 Å². The standard InChI is InChI=1S/C18H28N2O8/c1-9(2)13(19-5)17(25)27-7-11(21)15(23)16(24)12(22)8-28-18(26)14(20-6)10(3)4/h11-12,15-16,21-24H,5-8H2,1-4H3. The summed E-state index contributed by atoms with van der Waals surface area (Å²) in [6, 6.07) is 0. The minimum atomic E-state index is -1.88. The Balaban J connectivity index is 4.72. The van der Waals surface area contributed by atoms with Gasteiger partial charge in [-0.2, -0.15) is 0 Å². The SMILES string of the molecule is C=NC(C(=O)OCC(O)C(O)C(O)C(O)COC(=O)C(N=C)=C(C)C)=C(C)C. The average molecular weight is 400 g/mol. The Morgan fingerprint density at radius 1 is 0.750 bits per heavy atom. The van der Waals surface area contributed by atoms with Crippen LogP contribution in [0.25, 0.3) is 0 Å². The molecule has 0 bridgehead atoms. The molecule has 4 atom stereocenters. The second-order valence-corrected chi connectivity index (χ2v) is 6.33. The Bertz CT molecular complexity index is 592. The molecule has 0 aliphatic heterocycles. The van der Waals surface area contributed by atoms with E-state index in [0.29, 0.717) is 11.1 Å². The highest BCUT2D eigenvalue weighted by Crippen LogP contribution is 2.11. The molecule has 0 aliphatic rings. The Kier molecular flexibility index (Phi) is 11.1. The van der Waals surface area contributed by atoms with Gasteiger partial charge in [-0.1, -0.05) is 0 Å². The number of carbonyl (C=O) groups is 2. The first-order chi connectivity index (χ1) is 13.0. The number of rotatable bonds is 11. The van der Waals surface area contributed by atoms with Crippen LogP contribution in [-0.2, 0) is 19.1 Å². The highest BCUT2D eigenvalue weighted by molar-refractivity contribution is 5.90. The molecule has 0 amide bonds. The van der Waals surface area contributed by atoms with Crippen LogP contribution in [0.3, 0.4) is 0 Å². The molecule has 0 aromatic carbocycles. The van der Waals surface area contributed by atoms with Gasteiger partial charge < -0.3 is 29.9 Å². The van der Waals surface area contributed by atoms with E-state index in [1.807, 2.05) is 0 Å². The lowest BCUT2D eigenvalue weighted by Gasteiger charge is -2.26. The van der Waals surface area contributed by atoms with Crippen molar-refractivity contribution in [2.45, 2.75) is 52.1 Å². The van der Waals surface area contributed by atoms with Crippen molar-refractivity contribution in [1.82, 2.24) is 0 Å². The summed E-state index contributed by atoms with van der Waals surface area (Å²) in [5, 5.41) is 39.5. The Hall–Kier alpha value is -2.40. The van der Waals surface area contributed by atoms with Gasteiger partial charge >= 0.3 is 11.9 Å². The molecular formula is C18H28N2O8. The molecule has 0 fully saturated rings. The minimum absolute atomic E-state index is 0.0416. The fraction of sp³-hybridized carbons (Fsp3) is 0.556. The van der Waals surface area contributed by atoms with E-state index in [2.05, 4.69) is 23.4 Å². The molecule has 0 aromatic rings. The van der Waals surface area contributed by atoms with Crippen LogP contribution in [0.1, 0.15) is 27.7 Å². The summed E-state index contributed by atoms with van der Waals surface area (Å²) < 4.78 is 9.59. The van der Waals surface area contributed by atoms with Crippen molar-refractivity contribution in [2.24, 2.45) is 9.98 Å². The van der Waals surface area contributed by atoms with Gasteiger partial charge in [0.25, 0.3) is 0 Å². The van der Waals surface area contributed by atoms with Gasteiger partial charge in [0.1, 0.15) is 49.0 Å². The maximum Gasteiger partial charge on any atom is 0.356 e. The molecule has 10 nitrogen and oxygen atoms in total. The van der Waals surface area contributed by atoms with Gasteiger partial charge in [-0.15, -0.1) is 0 Å². The number of aliphatic imine (C=N–C) groups is 2. The van der Waals surface area contributed by atoms with E-state index in [1.54, 1.807) is 27.7 Å². The van der Waals surface area contributed by atoms with Gasteiger partial charge in [-0.3, -0.25) is 9.98 Å². The smallest absolute Gasteiger partial charge is 0.356 e. The molecule has 0 saturated carbocycles. The van der Waals surface area contributed by atoms with Crippen molar-refractivity contribution >= 4 is 25.4 Å². The van der Waals surface area contributed by atoms with Crippen LogP contribution in [0, 0.1) is 0 Å². The molecule has 0 spiro atoms. The molecular weight excluding hydrogens is 372 g/mol. The summed E-state index contributed by atoms with van der Waals surface area (Å²) in [5.41, 5.74) is 0.995. The molecule has 0 saturated heterocycles. The lowest BCUT2D eigenvalue weighted by molar-refractivity contribution is -0.159. The molecule has 0 aromatic heterocycles. The number of aliphatic hydroxyl groups is 4. The largest absolute Gasteiger partial charge is 0.458 e. The fourth-order valence-corrected chi connectivity index (χ4v) is 1.96. The zero-order valence-corrected chi connectivity index (χ0v) is 16.5. The summed E-state index contributed by atoms with van der Waals surface area (Å²) in [5.74, 6) is -1.73. The van der Waals surface area contributed by atoms with E-state index < -0.39 is 49.6 Å². The average Bonchev–Trinajstić information content (AvgIpc) is 2.63. The lowest BCUT2D eigenvalue weighted by Crippen LogP contribution is -2.48. The van der Waals surface area contributed by atoms with Crippen molar-refractivity contribution < 1.29 is 39.5 Å². The first kappa shape index (κ1) is 25.6. The quantitative estimate of drug-likeness (QED) is 0.205. The highest BCUT2D eigenvalue weighted by Gasteiger charge is 2.32. The van der Waals surface area contributed by atoms with Crippen LogP contribution in [0.15, 0.2) is 32.5 Å². The lowest BCUT2D eigenvalue weighted by atomic mass is 10.0. The summed E-state index contributed by atoms with van der Waals surface area (Å²) in [6.07, 6.45) is -7.19. The zero-order valence-electron chi connectivity index (χ0n) is 16.5. The third-order valence-electron chi connectivity index (χ3n) is 3.56. The van der Waals surface area contributed by atoms with Gasteiger partial charge in [-0.05, 0) is 52.3 Å². The Labute approximate surface area is 163 Å². The van der Waals surface area contributed by atoms with Crippen LogP contribution in [0.4, 0.5) is 0 Å². The van der Waals surface area contributed by atoms with Crippen LogP contribution in [0.5, 0.6) is 0 Å². The predicted octanol–water partition coefficient (Wildman–Crippen LogP) is -0.495. The molecule has 158 valence electrons. The molecule has 4 unspecified atom stereocenters. The van der Waals surface area contributed by atoms with Crippen molar-refractivity contribution in [2.75, 3.05) is 13.2 Å². The van der Waals surface area contributed by atoms with Crippen molar-refractivity contribution in [3.05, 3.63) is 22.5 Å². The number of allylic oxidation sites excluding steroid dienone is 2. The number of carbonyl (C=O) groups excluding carboxylic acids is 2. The van der Waals surface area contributed by atoms with E-state index in [9.17, 15) is 30.0 Å². The summed E-state index contributed by atoms with van der Waals surface area (Å²) in [4.78, 5) is 30.6. The van der Waals surface area contributed by atoms with Crippen LogP contribution in [-0.4, -0.2) is 83.4 Å². The number of ether oxygens (including phenoxy) is 2. The highest BCUT2D eigenvalue weighted by atomic mass is 16.6. The van der Waals surface area contributed by atoms with Gasteiger partial charge in [0.2, 0.25) is 0 Å². The first-order valence-corrected chi connectivity index (χ1v) is 8.32. The van der Waals surface area contributed by atoms with Crippen LogP contribution < -0.4 is 0 Å². The van der Waals surface area contributed by atoms with Gasteiger partial charge in [0.05, 0.1) is 0 Å². The zero-order chi connectivity index (χ0) is 22.0. The van der Waals surface area contributed by atoms with Crippen molar-refractivity contribution in [3.63, 3.8) is 0 Å². The monoisotopic (exact) mass is 400 g/mol. The fourth-order valence-electron chi connectivity index (χ4n) is 1.96. The van der Waals surface area contributed by atoms with Crippen LogP contribution in [0.2, 0.25) is 0 Å². The second-order valence-electron chi connectivity index (χ2n) is 6.33. The summed E-state index contributed by atoms with van der Waals surface area (Å²) in [7, 11) is 0. The number of nitrogens with zero attached hydrogens (tertiary/aromatic N) is 2. The molecule has 4 N–H and O–H groups in total. The molecule has 28 heavy (non-hydrogen) atoms. The summed E-state index contributed by atoms with van der Waals surface area (Å²) in [6.45, 7) is 11.6. The number of hydrogen-bond acceptors (Lipinski definition) is 10. The second kappa shape index (κ2) is 12.1. The third kappa shape index (κ3) is 7.69. The number of aliphatic hydroxyl groups excluding tert-OH is 4. The number of esters is 2. The molecule has 0 radical (unpaired) electrons. The topological polar surface area (TPSA) is 158 Å². The van der Waals surface area contributed by atoms with Crippen LogP contribution >= 0.6 is 0 Å². The maximum absolute atomic E-state index is 11.8. The molecule has 10 heteroatoms. The van der Waals surface area contributed by atoms with E-state index >= 15 is 0 Å². The van der Waals surface area contributed by atoms with Gasteiger partial charge in [0.15, 0.2) is 0 Å². The van der Waals surface area contributed by atoms with E-state index in [0.717, 1.165) is 0 Å². The Morgan fingerprint density at radius 2 is 1.04 bits per heavy atom. The Morgan fingerprint density at radius 3 is 1.25 bits per heavy atom. The van der Waals surface area contributed by atoms with E-state index in [-0.39, 0.29) is 11.4 Å². The molecule has 0 heterocycles. The van der Waals surface area contributed by atoms with Gasteiger partial charge in [-0.25, -0.2) is 9.59 Å².